The molecule has 0 bridgehead atoms. The molecule has 0 saturated heterocycles. The predicted molar refractivity (Wildman–Crippen MR) is 111 cm³/mol. The van der Waals surface area contributed by atoms with Gasteiger partial charge in [0.1, 0.15) is 5.78 Å². The molecule has 0 aliphatic heterocycles. The maximum absolute atomic E-state index is 13.4. The fraction of sp³-hybridized carbons (Fsp3) is 0.792. The van der Waals surface area contributed by atoms with E-state index in [1.807, 2.05) is 20.8 Å². The average Bonchev–Trinajstić information content (AvgIpc) is 2.68. The third-order valence-electron chi connectivity index (χ3n) is 7.40. The lowest BCUT2D eigenvalue weighted by Gasteiger charge is -2.53. The first-order valence-electron chi connectivity index (χ1n) is 11.0. The number of ketones is 2. The summed E-state index contributed by atoms with van der Waals surface area (Å²) in [5.74, 6) is -0.518. The van der Waals surface area contributed by atoms with Gasteiger partial charge in [-0.3, -0.25) is 14.4 Å². The smallest absolute Gasteiger partial charge is 0.309 e. The largest absolute Gasteiger partial charge is 0.469 e. The first kappa shape index (κ1) is 22.8. The summed E-state index contributed by atoms with van der Waals surface area (Å²) in [6.45, 7) is 12.2. The fourth-order valence-electron chi connectivity index (χ4n) is 6.23. The minimum atomic E-state index is -0.774. The maximum atomic E-state index is 13.4. The SMILES string of the molecule is CCCCC(C)C1=C(C)C(=O)C2CC(C)CC(C(=O)OC)C2C1(C)C(=O)CC. The van der Waals surface area contributed by atoms with Crippen LogP contribution in [0.15, 0.2) is 11.1 Å². The Labute approximate surface area is 170 Å². The van der Waals surface area contributed by atoms with Crippen LogP contribution in [-0.4, -0.2) is 24.6 Å². The molecule has 0 amide bonds. The number of carbonyl (C=O) groups is 3. The summed E-state index contributed by atoms with van der Waals surface area (Å²) in [5, 5.41) is 0. The molecule has 0 radical (unpaired) electrons. The van der Waals surface area contributed by atoms with E-state index in [1.165, 1.54) is 7.11 Å². The van der Waals surface area contributed by atoms with Gasteiger partial charge in [-0.1, -0.05) is 40.5 Å². The van der Waals surface area contributed by atoms with Gasteiger partial charge in [-0.05, 0) is 62.0 Å². The molecule has 4 nitrogen and oxygen atoms in total. The van der Waals surface area contributed by atoms with Crippen LogP contribution < -0.4 is 0 Å². The minimum Gasteiger partial charge on any atom is -0.469 e. The predicted octanol–water partition coefficient (Wildman–Crippen LogP) is 5.15. The van der Waals surface area contributed by atoms with Crippen molar-refractivity contribution in [2.24, 2.45) is 35.0 Å². The Morgan fingerprint density at radius 1 is 1.25 bits per heavy atom. The molecule has 0 spiro atoms. The van der Waals surface area contributed by atoms with Crippen LogP contribution in [0.4, 0.5) is 0 Å². The quantitative estimate of drug-likeness (QED) is 0.564. The number of carbonyl (C=O) groups excluding carboxylic acids is 3. The highest BCUT2D eigenvalue weighted by Gasteiger charge is 2.59. The number of hydrogen-bond acceptors (Lipinski definition) is 4. The van der Waals surface area contributed by atoms with Crippen molar-refractivity contribution in [2.75, 3.05) is 7.11 Å². The third kappa shape index (κ3) is 3.71. The number of esters is 1. The van der Waals surface area contributed by atoms with Crippen molar-refractivity contribution in [1.29, 1.82) is 0 Å². The molecule has 6 unspecified atom stereocenters. The molecule has 2 aliphatic carbocycles. The number of hydrogen-bond donors (Lipinski definition) is 0. The van der Waals surface area contributed by atoms with Crippen LogP contribution in [0.5, 0.6) is 0 Å². The number of rotatable bonds is 7. The summed E-state index contributed by atoms with van der Waals surface area (Å²) in [6, 6.07) is 0. The molecule has 2 aliphatic rings. The lowest BCUT2D eigenvalue weighted by molar-refractivity contribution is -0.158. The third-order valence-corrected chi connectivity index (χ3v) is 7.40. The molecule has 28 heavy (non-hydrogen) atoms. The van der Waals surface area contributed by atoms with Gasteiger partial charge in [0, 0.05) is 12.3 Å². The van der Waals surface area contributed by atoms with Crippen LogP contribution in [0.1, 0.15) is 80.1 Å². The second kappa shape index (κ2) is 8.92. The summed E-state index contributed by atoms with van der Waals surface area (Å²) in [7, 11) is 1.41. The van der Waals surface area contributed by atoms with Crippen LogP contribution in [0.25, 0.3) is 0 Å². The summed E-state index contributed by atoms with van der Waals surface area (Å²) in [4.78, 5) is 39.6. The average molecular weight is 391 g/mol. The van der Waals surface area contributed by atoms with Crippen LogP contribution in [0.2, 0.25) is 0 Å². The lowest BCUT2D eigenvalue weighted by Crippen LogP contribution is -2.56. The lowest BCUT2D eigenvalue weighted by atomic mass is 9.48. The number of methoxy groups -OCH3 is 1. The Morgan fingerprint density at radius 3 is 2.43 bits per heavy atom. The van der Waals surface area contributed by atoms with Crippen molar-refractivity contribution in [2.45, 2.75) is 80.1 Å². The van der Waals surface area contributed by atoms with E-state index in [4.69, 9.17) is 4.74 Å². The van der Waals surface area contributed by atoms with E-state index in [0.29, 0.717) is 12.8 Å². The Hall–Kier alpha value is -1.45. The summed E-state index contributed by atoms with van der Waals surface area (Å²) < 4.78 is 5.14. The Morgan fingerprint density at radius 2 is 1.89 bits per heavy atom. The number of unbranched alkanes of at least 4 members (excludes halogenated alkanes) is 1. The van der Waals surface area contributed by atoms with Gasteiger partial charge in [-0.2, -0.15) is 0 Å². The van der Waals surface area contributed by atoms with Crippen LogP contribution in [0.3, 0.4) is 0 Å². The van der Waals surface area contributed by atoms with Crippen molar-refractivity contribution in [3.63, 3.8) is 0 Å². The molecule has 158 valence electrons. The van der Waals surface area contributed by atoms with E-state index in [0.717, 1.165) is 36.8 Å². The van der Waals surface area contributed by atoms with E-state index in [-0.39, 0.29) is 41.2 Å². The van der Waals surface area contributed by atoms with Gasteiger partial charge < -0.3 is 4.74 Å². The zero-order valence-corrected chi connectivity index (χ0v) is 18.8. The van der Waals surface area contributed by atoms with Gasteiger partial charge >= 0.3 is 5.97 Å². The normalized spacial score (nSPS) is 34.0. The molecular formula is C24H38O4. The molecule has 1 saturated carbocycles. The van der Waals surface area contributed by atoms with Crippen molar-refractivity contribution in [3.05, 3.63) is 11.1 Å². The number of allylic oxidation sites excluding steroid dienone is 2. The Balaban J connectivity index is 2.69. The monoisotopic (exact) mass is 390 g/mol. The molecular weight excluding hydrogens is 352 g/mol. The maximum Gasteiger partial charge on any atom is 0.309 e. The Kier molecular flexibility index (Phi) is 7.27. The molecule has 4 heteroatoms. The van der Waals surface area contributed by atoms with Gasteiger partial charge in [0.05, 0.1) is 18.4 Å². The van der Waals surface area contributed by atoms with Crippen LogP contribution in [-0.2, 0) is 19.1 Å². The zero-order chi connectivity index (χ0) is 21.2. The van der Waals surface area contributed by atoms with Crippen molar-refractivity contribution >= 4 is 17.5 Å². The second-order valence-electron chi connectivity index (χ2n) is 9.26. The van der Waals surface area contributed by atoms with E-state index >= 15 is 0 Å². The van der Waals surface area contributed by atoms with E-state index in [9.17, 15) is 14.4 Å². The fourth-order valence-corrected chi connectivity index (χ4v) is 6.23. The molecule has 0 aromatic carbocycles. The molecule has 1 fully saturated rings. The summed E-state index contributed by atoms with van der Waals surface area (Å²) >= 11 is 0. The van der Waals surface area contributed by atoms with Crippen molar-refractivity contribution < 1.29 is 19.1 Å². The van der Waals surface area contributed by atoms with Crippen molar-refractivity contribution in [3.8, 4) is 0 Å². The van der Waals surface area contributed by atoms with E-state index in [1.54, 1.807) is 0 Å². The molecule has 0 aromatic heterocycles. The van der Waals surface area contributed by atoms with Gasteiger partial charge in [-0.15, -0.1) is 0 Å². The molecule has 0 aromatic rings. The first-order valence-corrected chi connectivity index (χ1v) is 11.0. The van der Waals surface area contributed by atoms with E-state index < -0.39 is 11.3 Å². The second-order valence-corrected chi connectivity index (χ2v) is 9.26. The highest BCUT2D eigenvalue weighted by Crippen LogP contribution is 2.58. The number of Topliss-reactive ketones (excluding diaryl/α,β-unsaturated/α-hetero) is 2. The van der Waals surface area contributed by atoms with Crippen LogP contribution in [0, 0.1) is 35.0 Å². The standard InChI is InChI=1S/C24H38O4/c1-8-10-11-15(4)20-16(5)22(26)17-12-14(3)13-18(23(27)28-7)21(17)24(20,6)19(25)9-2/h14-15,17-18,21H,8-13H2,1-7H3. The van der Waals surface area contributed by atoms with Gasteiger partial charge in [0.15, 0.2) is 5.78 Å². The number of fused-ring (bicyclic) bond motifs is 1. The number of ether oxygens (including phenoxy) is 1. The first-order chi connectivity index (χ1) is 13.1. The highest BCUT2D eigenvalue weighted by molar-refractivity contribution is 6.03. The summed E-state index contributed by atoms with van der Waals surface area (Å²) in [5.41, 5.74) is 0.984. The zero-order valence-electron chi connectivity index (χ0n) is 18.8. The van der Waals surface area contributed by atoms with Gasteiger partial charge in [0.2, 0.25) is 0 Å². The van der Waals surface area contributed by atoms with Gasteiger partial charge in [0.25, 0.3) is 0 Å². The Bertz CT molecular complexity index is 662. The van der Waals surface area contributed by atoms with Crippen LogP contribution >= 0.6 is 0 Å². The summed E-state index contributed by atoms with van der Waals surface area (Å²) in [6.07, 6.45) is 4.95. The molecule has 0 N–H and O–H groups in total. The molecule has 0 heterocycles. The van der Waals surface area contributed by atoms with Gasteiger partial charge in [-0.25, -0.2) is 0 Å². The van der Waals surface area contributed by atoms with Crippen molar-refractivity contribution in [1.82, 2.24) is 0 Å². The molecule has 2 rings (SSSR count). The van der Waals surface area contributed by atoms with E-state index in [2.05, 4.69) is 20.8 Å². The highest BCUT2D eigenvalue weighted by atomic mass is 16.5. The topological polar surface area (TPSA) is 60.4 Å². The molecule has 6 atom stereocenters. The minimum absolute atomic E-state index is 0.144.